The Morgan fingerprint density at radius 2 is 2.17 bits per heavy atom. The van der Waals surface area contributed by atoms with E-state index < -0.39 is 0 Å². The Labute approximate surface area is 116 Å². The number of fused-ring (bicyclic) bond motifs is 1. The highest BCUT2D eigenvalue weighted by molar-refractivity contribution is 5.85. The van der Waals surface area contributed by atoms with Gasteiger partial charge in [-0.05, 0) is 19.9 Å². The number of rotatable bonds is 4. The molecule has 106 valence electrons. The number of ether oxygens (including phenoxy) is 1. The Kier molecular flexibility index (Phi) is 5.44. The van der Waals surface area contributed by atoms with Crippen molar-refractivity contribution >= 4 is 18.3 Å². The zero-order chi connectivity index (χ0) is 12.5. The quantitative estimate of drug-likeness (QED) is 0.815. The largest absolute Gasteiger partial charge is 0.377 e. The Balaban J connectivity index is 0.00000162. The first-order chi connectivity index (χ1) is 8.07. The van der Waals surface area contributed by atoms with Crippen LogP contribution in [0.2, 0.25) is 0 Å². The molecule has 1 amide bonds. The molecule has 0 aromatic heterocycles. The van der Waals surface area contributed by atoms with Crippen LogP contribution in [0.1, 0.15) is 33.1 Å². The zero-order valence-corrected chi connectivity index (χ0v) is 12.3. The van der Waals surface area contributed by atoms with Gasteiger partial charge in [-0.3, -0.25) is 4.79 Å². The summed E-state index contributed by atoms with van der Waals surface area (Å²) in [7, 11) is 1.87. The molecule has 18 heavy (non-hydrogen) atoms. The summed E-state index contributed by atoms with van der Waals surface area (Å²) < 4.78 is 5.82. The number of amides is 1. The number of nitrogens with one attached hydrogen (secondary N) is 2. The number of carbonyl (C=O) groups is 1. The van der Waals surface area contributed by atoms with E-state index in [9.17, 15) is 4.79 Å². The molecule has 0 aromatic carbocycles. The Morgan fingerprint density at radius 3 is 2.83 bits per heavy atom. The third kappa shape index (κ3) is 2.81. The van der Waals surface area contributed by atoms with Crippen molar-refractivity contribution < 1.29 is 9.53 Å². The monoisotopic (exact) mass is 276 g/mol. The van der Waals surface area contributed by atoms with Crippen molar-refractivity contribution in [3.05, 3.63) is 0 Å². The molecule has 0 radical (unpaired) electrons. The standard InChI is InChI=1S/C13H24N2O2.ClH/c1-13(2)11(15-10(16)6-7-14-3)9-5-4-8-17-12(9)13;/h9,11-12,14H,4-8H2,1-3H3,(H,15,16);1H. The van der Waals surface area contributed by atoms with Gasteiger partial charge in [0.1, 0.15) is 0 Å². The first-order valence-corrected chi connectivity index (χ1v) is 6.63. The molecule has 0 bridgehead atoms. The third-order valence-electron chi connectivity index (χ3n) is 4.25. The van der Waals surface area contributed by atoms with Gasteiger partial charge in [0, 0.05) is 36.9 Å². The van der Waals surface area contributed by atoms with Crippen molar-refractivity contribution in [1.82, 2.24) is 10.6 Å². The SMILES string of the molecule is CNCCC(=O)NC1C2CCCOC2C1(C)C.Cl. The van der Waals surface area contributed by atoms with Gasteiger partial charge in [0.2, 0.25) is 5.91 Å². The minimum atomic E-state index is 0. The molecule has 1 aliphatic heterocycles. The number of carbonyl (C=O) groups excluding carboxylic acids is 1. The van der Waals surface area contributed by atoms with Gasteiger partial charge < -0.3 is 15.4 Å². The minimum absolute atomic E-state index is 0. The highest BCUT2D eigenvalue weighted by atomic mass is 35.5. The number of halogens is 1. The molecule has 1 heterocycles. The van der Waals surface area contributed by atoms with E-state index in [4.69, 9.17) is 4.74 Å². The maximum atomic E-state index is 11.8. The van der Waals surface area contributed by atoms with Gasteiger partial charge >= 0.3 is 0 Å². The van der Waals surface area contributed by atoms with Crippen LogP contribution in [-0.2, 0) is 9.53 Å². The van der Waals surface area contributed by atoms with Crippen molar-refractivity contribution in [1.29, 1.82) is 0 Å². The van der Waals surface area contributed by atoms with Gasteiger partial charge in [-0.15, -0.1) is 12.4 Å². The zero-order valence-electron chi connectivity index (χ0n) is 11.5. The van der Waals surface area contributed by atoms with Crippen LogP contribution in [0.4, 0.5) is 0 Å². The van der Waals surface area contributed by atoms with Crippen LogP contribution in [0.5, 0.6) is 0 Å². The molecular formula is C13H25ClN2O2. The van der Waals surface area contributed by atoms with Gasteiger partial charge in [-0.2, -0.15) is 0 Å². The average Bonchev–Trinajstić information content (AvgIpc) is 2.33. The second kappa shape index (κ2) is 6.22. The molecule has 2 rings (SSSR count). The van der Waals surface area contributed by atoms with Crippen molar-refractivity contribution in [2.24, 2.45) is 11.3 Å². The second-order valence-corrected chi connectivity index (χ2v) is 5.82. The third-order valence-corrected chi connectivity index (χ3v) is 4.25. The summed E-state index contributed by atoms with van der Waals surface area (Å²) in [5.74, 6) is 0.679. The first kappa shape index (κ1) is 15.7. The summed E-state index contributed by atoms with van der Waals surface area (Å²) in [5.41, 5.74) is 0.0837. The van der Waals surface area contributed by atoms with Crippen molar-refractivity contribution in [3.63, 3.8) is 0 Å². The normalized spacial score (nSPS) is 32.7. The lowest BCUT2D eigenvalue weighted by molar-refractivity contribution is -0.193. The summed E-state index contributed by atoms with van der Waals surface area (Å²) in [4.78, 5) is 11.8. The van der Waals surface area contributed by atoms with Crippen LogP contribution in [0.15, 0.2) is 0 Å². The molecule has 3 unspecified atom stereocenters. The number of hydrogen-bond donors (Lipinski definition) is 2. The van der Waals surface area contributed by atoms with Crippen molar-refractivity contribution in [3.8, 4) is 0 Å². The van der Waals surface area contributed by atoms with E-state index in [-0.39, 0.29) is 29.8 Å². The van der Waals surface area contributed by atoms with E-state index in [1.807, 2.05) is 7.05 Å². The Bertz CT molecular complexity index is 297. The molecule has 1 aliphatic carbocycles. The lowest BCUT2D eigenvalue weighted by Gasteiger charge is -2.59. The maximum Gasteiger partial charge on any atom is 0.221 e. The predicted molar refractivity (Wildman–Crippen MR) is 74.0 cm³/mol. The van der Waals surface area contributed by atoms with E-state index in [0.29, 0.717) is 18.4 Å². The minimum Gasteiger partial charge on any atom is -0.377 e. The Hall–Kier alpha value is -0.320. The van der Waals surface area contributed by atoms with E-state index in [1.165, 1.54) is 6.42 Å². The van der Waals surface area contributed by atoms with Gasteiger partial charge in [-0.25, -0.2) is 0 Å². The van der Waals surface area contributed by atoms with E-state index in [0.717, 1.165) is 19.6 Å². The fourth-order valence-corrected chi connectivity index (χ4v) is 3.30. The lowest BCUT2D eigenvalue weighted by atomic mass is 9.55. The highest BCUT2D eigenvalue weighted by Crippen LogP contribution is 2.51. The van der Waals surface area contributed by atoms with Crippen LogP contribution in [0.3, 0.4) is 0 Å². The van der Waals surface area contributed by atoms with Crippen molar-refractivity contribution in [2.45, 2.75) is 45.3 Å². The van der Waals surface area contributed by atoms with Crippen LogP contribution in [0, 0.1) is 11.3 Å². The fraction of sp³-hybridized carbons (Fsp3) is 0.923. The highest BCUT2D eigenvalue weighted by Gasteiger charge is 2.58. The second-order valence-electron chi connectivity index (χ2n) is 5.82. The van der Waals surface area contributed by atoms with Crippen molar-refractivity contribution in [2.75, 3.05) is 20.2 Å². The summed E-state index contributed by atoms with van der Waals surface area (Å²) in [5, 5.41) is 6.18. The van der Waals surface area contributed by atoms with Gasteiger partial charge in [0.05, 0.1) is 6.10 Å². The molecule has 2 N–H and O–H groups in total. The average molecular weight is 277 g/mol. The summed E-state index contributed by atoms with van der Waals surface area (Å²) in [6, 6.07) is 0.289. The molecule has 0 spiro atoms. The smallest absolute Gasteiger partial charge is 0.221 e. The molecule has 2 fully saturated rings. The fourth-order valence-electron chi connectivity index (χ4n) is 3.30. The Morgan fingerprint density at radius 1 is 1.44 bits per heavy atom. The molecule has 4 nitrogen and oxygen atoms in total. The molecule has 1 saturated carbocycles. The van der Waals surface area contributed by atoms with Crippen LogP contribution in [0.25, 0.3) is 0 Å². The molecule has 1 saturated heterocycles. The number of hydrogen-bond acceptors (Lipinski definition) is 3. The van der Waals surface area contributed by atoms with E-state index in [1.54, 1.807) is 0 Å². The van der Waals surface area contributed by atoms with Crippen LogP contribution in [-0.4, -0.2) is 38.3 Å². The predicted octanol–water partition coefficient (Wildman–Crippen LogP) is 1.34. The van der Waals surface area contributed by atoms with E-state index in [2.05, 4.69) is 24.5 Å². The summed E-state index contributed by atoms with van der Waals surface area (Å²) >= 11 is 0. The maximum absolute atomic E-state index is 11.8. The lowest BCUT2D eigenvalue weighted by Crippen LogP contribution is -2.70. The molecule has 0 aromatic rings. The molecule has 5 heteroatoms. The molecule has 3 atom stereocenters. The molecule has 2 aliphatic rings. The van der Waals surface area contributed by atoms with Crippen LogP contribution < -0.4 is 10.6 Å². The van der Waals surface area contributed by atoms with Crippen LogP contribution >= 0.6 is 12.4 Å². The summed E-state index contributed by atoms with van der Waals surface area (Å²) in [6.07, 6.45) is 3.21. The van der Waals surface area contributed by atoms with E-state index >= 15 is 0 Å². The first-order valence-electron chi connectivity index (χ1n) is 6.63. The van der Waals surface area contributed by atoms with Gasteiger partial charge in [-0.1, -0.05) is 13.8 Å². The topological polar surface area (TPSA) is 50.4 Å². The summed E-state index contributed by atoms with van der Waals surface area (Å²) in [6.45, 7) is 6.01. The van der Waals surface area contributed by atoms with Gasteiger partial charge in [0.25, 0.3) is 0 Å². The van der Waals surface area contributed by atoms with Gasteiger partial charge in [0.15, 0.2) is 0 Å². The molecular weight excluding hydrogens is 252 g/mol.